The predicted molar refractivity (Wildman–Crippen MR) is 309 cm³/mol. The molecule has 75 heavy (non-hydrogen) atoms. The van der Waals surface area contributed by atoms with Crippen LogP contribution in [0.25, 0.3) is 100 Å². The third-order valence-electron chi connectivity index (χ3n) is 15.5. The Hall–Kier alpha value is -10.1. The van der Waals surface area contributed by atoms with Crippen LogP contribution >= 0.6 is 0 Å². The van der Waals surface area contributed by atoms with Crippen molar-refractivity contribution < 1.29 is 0 Å². The zero-order valence-electron chi connectivity index (χ0n) is 40.6. The summed E-state index contributed by atoms with van der Waals surface area (Å²) in [4.78, 5) is 10.7. The Morgan fingerprint density at radius 2 is 0.840 bits per heavy atom. The van der Waals surface area contributed by atoms with E-state index in [2.05, 4.69) is 284 Å². The number of aromatic nitrogens is 4. The minimum Gasteiger partial charge on any atom is -0.378 e. The summed E-state index contributed by atoms with van der Waals surface area (Å²) in [5.74, 6) is 0.833. The largest absolute Gasteiger partial charge is 0.378 e. The van der Waals surface area contributed by atoms with Gasteiger partial charge in [0.1, 0.15) is 5.82 Å². The third-order valence-corrected chi connectivity index (χ3v) is 15.5. The number of dihydropyridines is 1. The van der Waals surface area contributed by atoms with Gasteiger partial charge >= 0.3 is 0 Å². The molecule has 0 unspecified atom stereocenters. The monoisotopic (exact) mass is 959 g/mol. The summed E-state index contributed by atoms with van der Waals surface area (Å²) >= 11 is 0. The summed E-state index contributed by atoms with van der Waals surface area (Å²) in [5, 5.41) is 7.37. The van der Waals surface area contributed by atoms with Crippen LogP contribution in [0.4, 0.5) is 28.6 Å². The lowest BCUT2D eigenvalue weighted by Gasteiger charge is -2.29. The standard InChI is InChI=1S/C68H45N7/c1-4-21-44(22-5-1)71-59-39-38-47(72-54-32-15-10-27-48(54)63-49-28-11-16-33-55(49)73(45-23-6-2-7-24-45)67(63)52-31-14-19-36-58(52)72)43-53(59)65-61(71)40-41-62(70-65)75-57-35-18-13-30-51(57)64-50-29-12-17-34-56(50)74(46-25-8-3-9-26-46)68(64)66-60(75)37-20-42-69-66/h1-41,43,69H,42H2. The zero-order valence-corrected chi connectivity index (χ0v) is 40.6. The summed E-state index contributed by atoms with van der Waals surface area (Å²) in [6.07, 6.45) is 4.50. The van der Waals surface area contributed by atoms with Crippen molar-refractivity contribution >= 4 is 78.0 Å². The maximum atomic E-state index is 5.87. The normalized spacial score (nSPS) is 13.5. The molecule has 0 saturated carbocycles. The Labute approximate surface area is 433 Å². The number of para-hydroxylation sites is 8. The van der Waals surface area contributed by atoms with E-state index < -0.39 is 0 Å². The maximum Gasteiger partial charge on any atom is 0.138 e. The topological polar surface area (TPSA) is 46.2 Å². The van der Waals surface area contributed by atoms with E-state index in [0.29, 0.717) is 6.54 Å². The summed E-state index contributed by atoms with van der Waals surface area (Å²) in [6.45, 7) is 0.705. The first kappa shape index (κ1) is 41.5. The molecule has 0 saturated heterocycles. The first-order valence-electron chi connectivity index (χ1n) is 25.7. The molecule has 13 aromatic rings. The Morgan fingerprint density at radius 1 is 0.360 bits per heavy atom. The number of hydrogen-bond acceptors (Lipinski definition) is 4. The van der Waals surface area contributed by atoms with E-state index in [1.165, 1.54) is 38.7 Å². The summed E-state index contributed by atoms with van der Waals surface area (Å²) in [7, 11) is 0. The minimum absolute atomic E-state index is 0.705. The van der Waals surface area contributed by atoms with Gasteiger partial charge in [-0.05, 0) is 103 Å². The van der Waals surface area contributed by atoms with E-state index in [0.717, 1.165) is 101 Å². The van der Waals surface area contributed by atoms with E-state index in [1.54, 1.807) is 0 Å². The van der Waals surface area contributed by atoms with Crippen LogP contribution < -0.4 is 15.1 Å². The highest BCUT2D eigenvalue weighted by Crippen LogP contribution is 2.55. The van der Waals surface area contributed by atoms with Crippen LogP contribution in [0.15, 0.2) is 261 Å². The molecule has 9 aromatic carbocycles. The van der Waals surface area contributed by atoms with Crippen molar-refractivity contribution in [3.63, 3.8) is 0 Å². The smallest absolute Gasteiger partial charge is 0.138 e. The molecule has 3 aliphatic heterocycles. The Kier molecular flexibility index (Phi) is 8.96. The van der Waals surface area contributed by atoms with Crippen LogP contribution in [-0.4, -0.2) is 25.2 Å². The Balaban J connectivity index is 0.951. The number of fused-ring (bicyclic) bond motifs is 16. The molecule has 3 aliphatic rings. The van der Waals surface area contributed by atoms with Gasteiger partial charge in [0, 0.05) is 73.3 Å². The van der Waals surface area contributed by atoms with Crippen LogP contribution in [0, 0.1) is 0 Å². The molecule has 0 bridgehead atoms. The molecule has 7 heteroatoms. The van der Waals surface area contributed by atoms with Gasteiger partial charge in [-0.25, -0.2) is 4.98 Å². The summed E-state index contributed by atoms with van der Waals surface area (Å²) in [5.41, 5.74) is 23.3. The average molecular weight is 960 g/mol. The minimum atomic E-state index is 0.705. The molecule has 7 nitrogen and oxygen atoms in total. The van der Waals surface area contributed by atoms with Gasteiger partial charge in [0.25, 0.3) is 0 Å². The highest BCUT2D eigenvalue weighted by atomic mass is 15.2. The second kappa shape index (κ2) is 16.2. The molecular weight excluding hydrogens is 915 g/mol. The zero-order chi connectivity index (χ0) is 49.1. The first-order chi connectivity index (χ1) is 37.3. The number of pyridine rings is 1. The Bertz CT molecular complexity index is 4540. The molecule has 16 rings (SSSR count). The van der Waals surface area contributed by atoms with Crippen molar-refractivity contribution in [1.29, 1.82) is 0 Å². The van der Waals surface area contributed by atoms with Crippen molar-refractivity contribution in [2.45, 2.75) is 0 Å². The second-order valence-electron chi connectivity index (χ2n) is 19.5. The number of anilines is 5. The second-order valence-corrected chi connectivity index (χ2v) is 19.5. The van der Waals surface area contributed by atoms with Gasteiger partial charge in [-0.3, -0.25) is 4.90 Å². The van der Waals surface area contributed by atoms with Crippen molar-refractivity contribution in [2.24, 2.45) is 0 Å². The number of allylic oxidation sites excluding steroid dienone is 1. The van der Waals surface area contributed by atoms with Gasteiger partial charge < -0.3 is 23.9 Å². The predicted octanol–water partition coefficient (Wildman–Crippen LogP) is 16.8. The molecule has 0 fully saturated rings. The van der Waals surface area contributed by atoms with Crippen molar-refractivity contribution in [3.8, 4) is 50.6 Å². The molecule has 0 atom stereocenters. The van der Waals surface area contributed by atoms with Crippen LogP contribution in [0.2, 0.25) is 0 Å². The van der Waals surface area contributed by atoms with E-state index in [1.807, 2.05) is 0 Å². The van der Waals surface area contributed by atoms with Gasteiger partial charge in [-0.1, -0.05) is 152 Å². The Morgan fingerprint density at radius 3 is 1.48 bits per heavy atom. The first-order valence-corrected chi connectivity index (χ1v) is 25.7. The molecule has 352 valence electrons. The molecule has 0 aliphatic carbocycles. The fraction of sp³-hybridized carbons (Fsp3) is 0.0147. The van der Waals surface area contributed by atoms with E-state index in [-0.39, 0.29) is 0 Å². The molecule has 0 spiro atoms. The van der Waals surface area contributed by atoms with Crippen LogP contribution in [0.1, 0.15) is 5.69 Å². The average Bonchev–Trinajstić information content (AvgIpc) is 4.07. The maximum absolute atomic E-state index is 5.87. The number of hydrogen-bond donors (Lipinski definition) is 1. The fourth-order valence-electron chi connectivity index (χ4n) is 12.5. The lowest BCUT2D eigenvalue weighted by molar-refractivity contribution is 0.940. The van der Waals surface area contributed by atoms with Crippen LogP contribution in [-0.2, 0) is 0 Å². The lowest BCUT2D eigenvalue weighted by atomic mass is 9.98. The van der Waals surface area contributed by atoms with Crippen molar-refractivity contribution in [3.05, 3.63) is 266 Å². The van der Waals surface area contributed by atoms with E-state index >= 15 is 0 Å². The van der Waals surface area contributed by atoms with Gasteiger partial charge in [0.2, 0.25) is 0 Å². The van der Waals surface area contributed by atoms with Crippen molar-refractivity contribution in [1.82, 2.24) is 24.0 Å². The summed E-state index contributed by atoms with van der Waals surface area (Å²) < 4.78 is 7.25. The molecule has 1 N–H and O–H groups in total. The molecule has 4 aromatic heterocycles. The lowest BCUT2D eigenvalue weighted by Crippen LogP contribution is -2.26. The SMILES string of the molecule is C1=CC2=C(NC1)c1c(c3ccccc3n1-c1ccccc1)-c1ccccc1N2c1ccc2c(n1)c1cc(N3c4ccccc4-c4c(n(-c5ccccc5)c5ccccc45)-c4ccccc43)ccc1n2-c1ccccc1. The van der Waals surface area contributed by atoms with Gasteiger partial charge in [0.05, 0.1) is 67.4 Å². The number of nitrogens with zero attached hydrogens (tertiary/aromatic N) is 6. The number of rotatable bonds is 5. The van der Waals surface area contributed by atoms with Crippen LogP contribution in [0.5, 0.6) is 0 Å². The number of nitrogens with one attached hydrogen (secondary N) is 1. The molecular formula is C68H45N7. The van der Waals surface area contributed by atoms with Gasteiger partial charge in [0.15, 0.2) is 0 Å². The highest BCUT2D eigenvalue weighted by Gasteiger charge is 2.35. The number of benzene rings is 9. The summed E-state index contributed by atoms with van der Waals surface area (Å²) in [6, 6.07) is 88.0. The molecule has 0 amide bonds. The van der Waals surface area contributed by atoms with Crippen LogP contribution in [0.3, 0.4) is 0 Å². The van der Waals surface area contributed by atoms with Crippen molar-refractivity contribution in [2.75, 3.05) is 16.3 Å². The van der Waals surface area contributed by atoms with E-state index in [4.69, 9.17) is 4.98 Å². The highest BCUT2D eigenvalue weighted by molar-refractivity contribution is 6.15. The third kappa shape index (κ3) is 6.00. The fourth-order valence-corrected chi connectivity index (χ4v) is 12.5. The quantitative estimate of drug-likeness (QED) is 0.187. The van der Waals surface area contributed by atoms with Gasteiger partial charge in [-0.2, -0.15) is 0 Å². The molecule has 0 radical (unpaired) electrons. The van der Waals surface area contributed by atoms with E-state index in [9.17, 15) is 0 Å². The van der Waals surface area contributed by atoms with Gasteiger partial charge in [-0.15, -0.1) is 0 Å². The molecule has 7 heterocycles.